The second-order valence-corrected chi connectivity index (χ2v) is 11.0. The molecule has 3 rings (SSSR count). The summed E-state index contributed by atoms with van der Waals surface area (Å²) in [5.74, 6) is -0.173. The Bertz CT molecular complexity index is 796. The molecule has 1 aliphatic rings. The molecule has 0 amide bonds. The van der Waals surface area contributed by atoms with Gasteiger partial charge in [0.15, 0.2) is 0 Å². The maximum atomic E-state index is 12.3. The van der Waals surface area contributed by atoms with Gasteiger partial charge in [-0.3, -0.25) is 0 Å². The molecule has 2 aromatic carbocycles. The molecule has 0 unspecified atom stereocenters. The molecule has 1 heterocycles. The van der Waals surface area contributed by atoms with Crippen molar-refractivity contribution in [3.8, 4) is 11.5 Å². The topological polar surface area (TPSA) is 35.5 Å². The van der Waals surface area contributed by atoms with Crippen molar-refractivity contribution in [2.24, 2.45) is 0 Å². The Balaban J connectivity index is 1.55. The largest absolute Gasteiger partial charge is 0.573 e. The third-order valence-electron chi connectivity index (χ3n) is 5.43. The molecule has 0 radical (unpaired) electrons. The summed E-state index contributed by atoms with van der Waals surface area (Å²) in [4.78, 5) is 12.3. The van der Waals surface area contributed by atoms with Crippen LogP contribution in [-0.4, -0.2) is 21.1 Å². The number of carbonyl (C=O) groups is 1. The zero-order valence-corrected chi connectivity index (χ0v) is 17.5. The predicted molar refractivity (Wildman–Crippen MR) is 108 cm³/mol. The number of alkyl halides is 3. The molecule has 0 N–H and O–H groups in total. The van der Waals surface area contributed by atoms with E-state index in [0.717, 1.165) is 12.1 Å². The smallest absolute Gasteiger partial charge is 0.423 e. The van der Waals surface area contributed by atoms with Crippen molar-refractivity contribution >= 4 is 14.8 Å². The van der Waals surface area contributed by atoms with Gasteiger partial charge in [-0.2, -0.15) is 0 Å². The van der Waals surface area contributed by atoms with E-state index < -0.39 is 21.1 Å². The molecular formula is C22H25F3O3Si. The Labute approximate surface area is 170 Å². The van der Waals surface area contributed by atoms with E-state index >= 15 is 0 Å². The number of esters is 1. The van der Waals surface area contributed by atoms with Gasteiger partial charge in [-0.05, 0) is 60.7 Å². The van der Waals surface area contributed by atoms with Crippen LogP contribution in [0.25, 0.3) is 0 Å². The number of carbonyl (C=O) groups excluding carboxylic acids is 1. The van der Waals surface area contributed by atoms with Crippen LogP contribution in [0.5, 0.6) is 11.5 Å². The molecule has 1 aliphatic heterocycles. The number of rotatable bonds is 6. The first-order valence-corrected chi connectivity index (χ1v) is 12.5. The maximum absolute atomic E-state index is 12.3. The van der Waals surface area contributed by atoms with Gasteiger partial charge in [-0.25, -0.2) is 4.79 Å². The Hall–Kier alpha value is -2.28. The fraction of sp³-hybridized carbons (Fsp3) is 0.409. The minimum atomic E-state index is -4.75. The molecule has 7 heteroatoms. The Morgan fingerprint density at radius 1 is 1.00 bits per heavy atom. The van der Waals surface area contributed by atoms with Gasteiger partial charge >= 0.3 is 12.3 Å². The molecule has 29 heavy (non-hydrogen) atoms. The van der Waals surface area contributed by atoms with Crippen LogP contribution in [0.2, 0.25) is 18.1 Å². The highest BCUT2D eigenvalue weighted by Gasteiger charge is 2.31. The molecule has 0 atom stereocenters. The van der Waals surface area contributed by atoms with Crippen LogP contribution in [0.3, 0.4) is 0 Å². The van der Waals surface area contributed by atoms with Gasteiger partial charge in [0.2, 0.25) is 0 Å². The van der Waals surface area contributed by atoms with Crippen LogP contribution >= 0.6 is 0 Å². The lowest BCUT2D eigenvalue weighted by molar-refractivity contribution is -0.274. The second-order valence-electron chi connectivity index (χ2n) is 7.54. The number of halogens is 3. The Kier molecular flexibility index (Phi) is 7.00. The maximum Gasteiger partial charge on any atom is 0.573 e. The van der Waals surface area contributed by atoms with Gasteiger partial charge in [0.05, 0.1) is 5.56 Å². The van der Waals surface area contributed by atoms with Crippen molar-refractivity contribution in [3.63, 3.8) is 0 Å². The lowest BCUT2D eigenvalue weighted by atomic mass is 9.93. The van der Waals surface area contributed by atoms with E-state index in [1.165, 1.54) is 55.1 Å². The SMILES string of the molecule is CCC[SiH]1CCC(c2ccc(C(=O)Oc3ccc(OC(F)(F)F)cc3)cc2)CC1. The number of benzene rings is 2. The second kappa shape index (κ2) is 9.48. The van der Waals surface area contributed by atoms with Crippen molar-refractivity contribution in [1.82, 2.24) is 0 Å². The molecule has 156 valence electrons. The van der Waals surface area contributed by atoms with Crippen LogP contribution in [0.1, 0.15) is 48.0 Å². The first-order chi connectivity index (χ1) is 13.8. The molecule has 1 saturated heterocycles. The molecule has 3 nitrogen and oxygen atoms in total. The molecule has 0 saturated carbocycles. The highest BCUT2D eigenvalue weighted by molar-refractivity contribution is 6.59. The van der Waals surface area contributed by atoms with E-state index in [9.17, 15) is 18.0 Å². The van der Waals surface area contributed by atoms with E-state index in [2.05, 4.69) is 11.7 Å². The van der Waals surface area contributed by atoms with Gasteiger partial charge < -0.3 is 9.47 Å². The number of hydrogen-bond donors (Lipinski definition) is 0. The molecule has 1 fully saturated rings. The lowest BCUT2D eigenvalue weighted by Crippen LogP contribution is -2.20. The molecule has 0 aromatic heterocycles. The van der Waals surface area contributed by atoms with Crippen LogP contribution in [0, 0.1) is 0 Å². The third-order valence-corrected chi connectivity index (χ3v) is 9.12. The fourth-order valence-corrected chi connectivity index (χ4v) is 7.39. The van der Waals surface area contributed by atoms with Crippen LogP contribution in [0.4, 0.5) is 13.2 Å². The summed E-state index contributed by atoms with van der Waals surface area (Å²) in [7, 11) is -0.516. The van der Waals surface area contributed by atoms with E-state index in [0.29, 0.717) is 11.5 Å². The summed E-state index contributed by atoms with van der Waals surface area (Å²) in [6.45, 7) is 2.27. The molecular weight excluding hydrogens is 397 g/mol. The van der Waals surface area contributed by atoms with Gasteiger partial charge in [-0.15, -0.1) is 13.2 Å². The summed E-state index contributed by atoms with van der Waals surface area (Å²) in [6.07, 6.45) is -0.964. The van der Waals surface area contributed by atoms with Crippen molar-refractivity contribution < 1.29 is 27.4 Å². The average molecular weight is 423 g/mol. The number of hydrogen-bond acceptors (Lipinski definition) is 3. The zero-order chi connectivity index (χ0) is 20.9. The van der Waals surface area contributed by atoms with Crippen molar-refractivity contribution in [3.05, 3.63) is 59.7 Å². The Morgan fingerprint density at radius 3 is 2.14 bits per heavy atom. The van der Waals surface area contributed by atoms with Crippen molar-refractivity contribution in [2.75, 3.05) is 0 Å². The molecule has 2 aromatic rings. The van der Waals surface area contributed by atoms with Crippen LogP contribution < -0.4 is 9.47 Å². The van der Waals surface area contributed by atoms with Gasteiger partial charge in [0, 0.05) is 8.80 Å². The van der Waals surface area contributed by atoms with Gasteiger partial charge in [0.25, 0.3) is 0 Å². The summed E-state index contributed by atoms with van der Waals surface area (Å²) < 4.78 is 45.6. The van der Waals surface area contributed by atoms with Crippen molar-refractivity contribution in [2.45, 2.75) is 56.6 Å². The first-order valence-electron chi connectivity index (χ1n) is 10.0. The predicted octanol–water partition coefficient (Wildman–Crippen LogP) is 6.32. The lowest BCUT2D eigenvalue weighted by Gasteiger charge is -2.27. The van der Waals surface area contributed by atoms with Crippen LogP contribution in [-0.2, 0) is 0 Å². The van der Waals surface area contributed by atoms with E-state index in [-0.39, 0.29) is 11.5 Å². The van der Waals surface area contributed by atoms with E-state index in [1.807, 2.05) is 12.1 Å². The summed E-state index contributed by atoms with van der Waals surface area (Å²) in [5, 5.41) is 0. The molecule has 0 aliphatic carbocycles. The normalized spacial score (nSPS) is 19.6. The number of ether oxygens (including phenoxy) is 2. The molecule has 0 spiro atoms. The molecule has 0 bridgehead atoms. The third kappa shape index (κ3) is 6.35. The van der Waals surface area contributed by atoms with Gasteiger partial charge in [-0.1, -0.05) is 43.6 Å². The van der Waals surface area contributed by atoms with E-state index in [1.54, 1.807) is 12.1 Å². The van der Waals surface area contributed by atoms with E-state index in [4.69, 9.17) is 4.74 Å². The van der Waals surface area contributed by atoms with Gasteiger partial charge in [0.1, 0.15) is 11.5 Å². The zero-order valence-electron chi connectivity index (χ0n) is 16.4. The minimum Gasteiger partial charge on any atom is -0.423 e. The van der Waals surface area contributed by atoms with Crippen molar-refractivity contribution in [1.29, 1.82) is 0 Å². The highest BCUT2D eigenvalue weighted by Crippen LogP contribution is 2.35. The summed E-state index contributed by atoms with van der Waals surface area (Å²) >= 11 is 0. The minimum absolute atomic E-state index is 0.160. The summed E-state index contributed by atoms with van der Waals surface area (Å²) in [5.41, 5.74) is 1.68. The standard InChI is InChI=1S/C22H25F3O3Si/c1-2-13-29-14-11-17(12-15-29)16-3-5-18(6-4-16)21(26)27-19-7-9-20(10-8-19)28-22(23,24)25/h3-10,17,29H,2,11-15H2,1H3. The average Bonchev–Trinajstić information content (AvgIpc) is 2.69. The quantitative estimate of drug-likeness (QED) is 0.310. The summed E-state index contributed by atoms with van der Waals surface area (Å²) in [6, 6.07) is 16.5. The monoisotopic (exact) mass is 422 g/mol. The Morgan fingerprint density at radius 2 is 1.59 bits per heavy atom. The fourth-order valence-electron chi connectivity index (χ4n) is 3.96. The first kappa shape index (κ1) is 21.4. The van der Waals surface area contributed by atoms with Crippen LogP contribution in [0.15, 0.2) is 48.5 Å². The highest BCUT2D eigenvalue weighted by atomic mass is 28.3.